The number of rotatable bonds is 73. The quantitative estimate of drug-likeness (QED) is 0.0417. The summed E-state index contributed by atoms with van der Waals surface area (Å²) in [5.74, 6) is 0.000340. The predicted octanol–water partition coefficient (Wildman–Crippen LogP) is 24.9. The molecule has 0 radical (unpaired) electrons. The molecule has 1 amide bonds. The molecule has 2 atom stereocenters. The fourth-order valence-electron chi connectivity index (χ4n) is 12.6. The summed E-state index contributed by atoms with van der Waals surface area (Å²) in [7, 11) is 0. The molecule has 0 aromatic carbocycles. The maximum absolute atomic E-state index is 12.5. The van der Waals surface area contributed by atoms with Gasteiger partial charge in [-0.15, -0.1) is 0 Å². The highest BCUT2D eigenvalue weighted by Crippen LogP contribution is 2.20. The number of carbonyl (C=O) groups is 2. The minimum absolute atomic E-state index is 0.0250. The van der Waals surface area contributed by atoms with Crippen molar-refractivity contribution in [2.24, 2.45) is 0 Å². The Morgan fingerprint density at radius 2 is 0.500 bits per heavy atom. The third-order valence-corrected chi connectivity index (χ3v) is 18.4. The Hall–Kier alpha value is -1.14. The zero-order valence-corrected chi connectivity index (χ0v) is 56.3. The summed E-state index contributed by atoms with van der Waals surface area (Å²) in [6.07, 6.45) is 89.0. The molecule has 0 rings (SSSR count). The van der Waals surface area contributed by atoms with Crippen molar-refractivity contribution in [2.75, 3.05) is 13.2 Å². The number of carbonyl (C=O) groups excluding carboxylic acids is 2. The third-order valence-electron chi connectivity index (χ3n) is 18.4. The molecule has 2 unspecified atom stereocenters. The second-order valence-electron chi connectivity index (χ2n) is 26.7. The summed E-state index contributed by atoms with van der Waals surface area (Å²) in [5, 5.41) is 23.4. The molecule has 0 aliphatic heterocycles. The van der Waals surface area contributed by atoms with Crippen LogP contribution >= 0.6 is 0 Å². The number of nitrogens with one attached hydrogen (secondary N) is 1. The number of amides is 1. The molecule has 490 valence electrons. The summed E-state index contributed by atoms with van der Waals surface area (Å²) in [4.78, 5) is 24.6. The van der Waals surface area contributed by atoms with Gasteiger partial charge >= 0.3 is 5.97 Å². The normalized spacial score (nSPS) is 12.4. The molecule has 0 aromatic rings. The lowest BCUT2D eigenvalue weighted by Gasteiger charge is -2.22. The first-order valence-corrected chi connectivity index (χ1v) is 38.3. The van der Waals surface area contributed by atoms with E-state index in [0.29, 0.717) is 25.9 Å². The van der Waals surface area contributed by atoms with Crippen molar-refractivity contribution < 1.29 is 24.5 Å². The molecular formula is C76H151NO5. The zero-order chi connectivity index (χ0) is 59.2. The van der Waals surface area contributed by atoms with Crippen LogP contribution in [-0.4, -0.2) is 47.4 Å². The van der Waals surface area contributed by atoms with Gasteiger partial charge in [-0.2, -0.15) is 0 Å². The van der Waals surface area contributed by atoms with Crippen molar-refractivity contribution >= 4 is 11.9 Å². The van der Waals surface area contributed by atoms with E-state index in [9.17, 15) is 19.8 Å². The lowest BCUT2D eigenvalue weighted by Crippen LogP contribution is -2.45. The van der Waals surface area contributed by atoms with Crippen LogP contribution in [0.3, 0.4) is 0 Å². The van der Waals surface area contributed by atoms with Crippen molar-refractivity contribution in [3.05, 3.63) is 0 Å². The molecule has 0 saturated heterocycles. The average Bonchev–Trinajstić information content (AvgIpc) is 3.48. The summed E-state index contributed by atoms with van der Waals surface area (Å²) in [5.41, 5.74) is 0. The van der Waals surface area contributed by atoms with Crippen molar-refractivity contribution in [2.45, 2.75) is 463 Å². The van der Waals surface area contributed by atoms with E-state index in [1.807, 2.05) is 0 Å². The molecule has 0 heterocycles. The molecule has 0 aliphatic carbocycles. The lowest BCUT2D eigenvalue weighted by atomic mass is 10.0. The van der Waals surface area contributed by atoms with E-state index in [0.717, 1.165) is 38.5 Å². The molecule has 0 spiro atoms. The number of ether oxygens (including phenoxy) is 1. The van der Waals surface area contributed by atoms with Crippen molar-refractivity contribution in [3.8, 4) is 0 Å². The van der Waals surface area contributed by atoms with Crippen LogP contribution in [0, 0.1) is 0 Å². The highest BCUT2D eigenvalue weighted by molar-refractivity contribution is 5.76. The molecule has 6 nitrogen and oxygen atoms in total. The average molecular weight is 1160 g/mol. The number of hydrogen-bond acceptors (Lipinski definition) is 5. The summed E-state index contributed by atoms with van der Waals surface area (Å²) < 4.78 is 5.50. The van der Waals surface area contributed by atoms with Gasteiger partial charge in [0.05, 0.1) is 25.4 Å². The number of aliphatic hydroxyl groups excluding tert-OH is 2. The highest BCUT2D eigenvalue weighted by Gasteiger charge is 2.20. The van der Waals surface area contributed by atoms with Crippen LogP contribution in [0.4, 0.5) is 0 Å². The van der Waals surface area contributed by atoms with Crippen molar-refractivity contribution in [1.29, 1.82) is 0 Å². The van der Waals surface area contributed by atoms with Crippen LogP contribution in [0.2, 0.25) is 0 Å². The maximum Gasteiger partial charge on any atom is 0.305 e. The van der Waals surface area contributed by atoms with Crippen LogP contribution in [0.1, 0.15) is 450 Å². The van der Waals surface area contributed by atoms with Gasteiger partial charge in [0.1, 0.15) is 0 Å². The largest absolute Gasteiger partial charge is 0.466 e. The second-order valence-corrected chi connectivity index (χ2v) is 26.7. The number of esters is 1. The fraction of sp³-hybridized carbons (Fsp3) is 0.974. The maximum atomic E-state index is 12.5. The minimum atomic E-state index is -0.660. The summed E-state index contributed by atoms with van der Waals surface area (Å²) in [6, 6.07) is -0.537. The number of unbranched alkanes of at least 4 members (excludes halogenated alkanes) is 62. The topological polar surface area (TPSA) is 95.9 Å². The Morgan fingerprint density at radius 1 is 0.293 bits per heavy atom. The van der Waals surface area contributed by atoms with E-state index < -0.39 is 12.1 Å². The van der Waals surface area contributed by atoms with Gasteiger partial charge in [-0.05, 0) is 25.7 Å². The lowest BCUT2D eigenvalue weighted by molar-refractivity contribution is -0.143. The molecule has 0 aromatic heterocycles. The van der Waals surface area contributed by atoms with Crippen LogP contribution in [0.25, 0.3) is 0 Å². The Bertz CT molecular complexity index is 1200. The van der Waals surface area contributed by atoms with Crippen LogP contribution in [-0.2, 0) is 14.3 Å². The summed E-state index contributed by atoms with van der Waals surface area (Å²) >= 11 is 0. The smallest absolute Gasteiger partial charge is 0.305 e. The van der Waals surface area contributed by atoms with Crippen LogP contribution in [0.15, 0.2) is 0 Å². The van der Waals surface area contributed by atoms with Gasteiger partial charge < -0.3 is 20.3 Å². The second kappa shape index (κ2) is 72.3. The standard InChI is InChI=1S/C76H151NO5/c1-3-5-7-9-11-13-15-17-19-20-38-41-44-48-52-56-60-64-68-74(79)73(72-78)77-75(80)69-65-61-57-53-49-45-42-39-36-34-32-30-28-26-24-22-21-23-25-27-29-31-33-35-37-40-43-47-51-55-59-63-67-71-82-76(81)70-66-62-58-54-50-46-18-16-14-12-10-8-6-4-2/h73-74,78-79H,3-72H2,1-2H3,(H,77,80). The Morgan fingerprint density at radius 3 is 0.744 bits per heavy atom. The minimum Gasteiger partial charge on any atom is -0.466 e. The van der Waals surface area contributed by atoms with Gasteiger partial charge in [0, 0.05) is 12.8 Å². The number of aliphatic hydroxyl groups is 2. The first kappa shape index (κ1) is 80.9. The van der Waals surface area contributed by atoms with Gasteiger partial charge in [-0.1, -0.05) is 412 Å². The van der Waals surface area contributed by atoms with E-state index in [4.69, 9.17) is 4.74 Å². The molecule has 0 bridgehead atoms. The zero-order valence-electron chi connectivity index (χ0n) is 56.3. The first-order chi connectivity index (χ1) is 40.5. The molecular weight excluding hydrogens is 1010 g/mol. The van der Waals surface area contributed by atoms with E-state index in [2.05, 4.69) is 19.2 Å². The van der Waals surface area contributed by atoms with Crippen molar-refractivity contribution in [1.82, 2.24) is 5.32 Å². The van der Waals surface area contributed by atoms with E-state index in [1.165, 1.54) is 379 Å². The van der Waals surface area contributed by atoms with E-state index >= 15 is 0 Å². The highest BCUT2D eigenvalue weighted by atomic mass is 16.5. The van der Waals surface area contributed by atoms with Crippen LogP contribution in [0.5, 0.6) is 0 Å². The Labute approximate surface area is 515 Å². The Kier molecular flexibility index (Phi) is 71.3. The van der Waals surface area contributed by atoms with E-state index in [1.54, 1.807) is 0 Å². The molecule has 82 heavy (non-hydrogen) atoms. The first-order valence-electron chi connectivity index (χ1n) is 38.3. The van der Waals surface area contributed by atoms with Gasteiger partial charge in [-0.25, -0.2) is 0 Å². The number of hydrogen-bond donors (Lipinski definition) is 3. The molecule has 6 heteroatoms. The van der Waals surface area contributed by atoms with E-state index in [-0.39, 0.29) is 18.5 Å². The predicted molar refractivity (Wildman–Crippen MR) is 361 cm³/mol. The van der Waals surface area contributed by atoms with Gasteiger partial charge in [0.2, 0.25) is 5.91 Å². The molecule has 0 fully saturated rings. The van der Waals surface area contributed by atoms with Crippen molar-refractivity contribution in [3.63, 3.8) is 0 Å². The summed E-state index contributed by atoms with van der Waals surface area (Å²) in [6.45, 7) is 5.01. The van der Waals surface area contributed by atoms with Gasteiger partial charge in [0.25, 0.3) is 0 Å². The Balaban J connectivity index is 3.30. The monoisotopic (exact) mass is 1160 g/mol. The molecule has 3 N–H and O–H groups in total. The molecule has 0 saturated carbocycles. The third kappa shape index (κ3) is 68.0. The van der Waals surface area contributed by atoms with Gasteiger partial charge in [-0.3, -0.25) is 9.59 Å². The fourth-order valence-corrected chi connectivity index (χ4v) is 12.6. The van der Waals surface area contributed by atoms with Gasteiger partial charge in [0.15, 0.2) is 0 Å². The molecule has 0 aliphatic rings. The SMILES string of the molecule is CCCCCCCCCCCCCCCCCCCCC(O)C(CO)NC(=O)CCCCCCCCCCCCCCCCCCCCCCCCCCCCCCCCCCCOC(=O)CCCCCCCCCCCCCCCC. The van der Waals surface area contributed by atoms with Crippen LogP contribution < -0.4 is 5.32 Å².